The molecule has 0 radical (unpaired) electrons. The normalized spacial score (nSPS) is 12.7. The van der Waals surface area contributed by atoms with Gasteiger partial charge in [0, 0.05) is 18.0 Å². The molecule has 3 heterocycles. The molecule has 1 unspecified atom stereocenters. The second kappa shape index (κ2) is 5.16. The van der Waals surface area contributed by atoms with E-state index in [1.54, 1.807) is 17.5 Å². The van der Waals surface area contributed by atoms with Crippen LogP contribution in [0.25, 0.3) is 10.2 Å². The highest BCUT2D eigenvalue weighted by atomic mass is 32.1. The number of nitrogens with zero attached hydrogens (tertiary/aromatic N) is 2. The predicted molar refractivity (Wildman–Crippen MR) is 82.2 cm³/mol. The number of fused-ring (bicyclic) bond motifs is 1. The van der Waals surface area contributed by atoms with Gasteiger partial charge in [-0.25, -0.2) is 10.4 Å². The highest BCUT2D eigenvalue weighted by Crippen LogP contribution is 2.28. The summed E-state index contributed by atoms with van der Waals surface area (Å²) in [5.41, 5.74) is 12.6. The van der Waals surface area contributed by atoms with Gasteiger partial charge in [0.25, 0.3) is 0 Å². The molecule has 0 aromatic carbocycles. The first kappa shape index (κ1) is 13.0. The molecule has 3 rings (SSSR count). The molecule has 102 valence electrons. The van der Waals surface area contributed by atoms with E-state index in [0.717, 1.165) is 26.9 Å². The van der Waals surface area contributed by atoms with Crippen LogP contribution in [0.5, 0.6) is 0 Å². The molecule has 3 aromatic rings. The molecule has 0 aliphatic rings. The third-order valence-corrected chi connectivity index (χ3v) is 4.07. The van der Waals surface area contributed by atoms with E-state index in [0.29, 0.717) is 5.82 Å². The van der Waals surface area contributed by atoms with Crippen LogP contribution >= 0.6 is 11.3 Å². The largest absolute Gasteiger partial charge is 0.383 e. The molecule has 0 aliphatic carbocycles. The van der Waals surface area contributed by atoms with Crippen LogP contribution in [0.15, 0.2) is 36.0 Å². The van der Waals surface area contributed by atoms with Crippen molar-refractivity contribution in [3.8, 4) is 0 Å². The topological polar surface area (TPSA) is 89.8 Å². The lowest BCUT2D eigenvalue weighted by Crippen LogP contribution is -2.29. The second-order valence-corrected chi connectivity index (χ2v) is 5.61. The highest BCUT2D eigenvalue weighted by molar-refractivity contribution is 7.17. The van der Waals surface area contributed by atoms with Gasteiger partial charge in [-0.05, 0) is 41.6 Å². The first-order valence-corrected chi connectivity index (χ1v) is 7.08. The number of pyridine rings is 2. The van der Waals surface area contributed by atoms with E-state index in [-0.39, 0.29) is 6.04 Å². The zero-order chi connectivity index (χ0) is 14.1. The number of nitrogens with two attached hydrogens (primary N) is 2. The van der Waals surface area contributed by atoms with Gasteiger partial charge in [0.15, 0.2) is 0 Å². The molecule has 6 heteroatoms. The highest BCUT2D eigenvalue weighted by Gasteiger charge is 2.17. The van der Waals surface area contributed by atoms with Gasteiger partial charge in [-0.15, -0.1) is 11.3 Å². The zero-order valence-electron chi connectivity index (χ0n) is 11.0. The van der Waals surface area contributed by atoms with E-state index < -0.39 is 0 Å². The molecule has 0 fully saturated rings. The minimum Gasteiger partial charge on any atom is -0.383 e. The van der Waals surface area contributed by atoms with Crippen molar-refractivity contribution in [3.63, 3.8) is 0 Å². The Morgan fingerprint density at radius 2 is 2.10 bits per heavy atom. The Balaban J connectivity index is 2.10. The fourth-order valence-corrected chi connectivity index (χ4v) is 3.01. The monoisotopic (exact) mass is 285 g/mol. The summed E-state index contributed by atoms with van der Waals surface area (Å²) < 4.78 is 1.13. The lowest BCUT2D eigenvalue weighted by Gasteiger charge is -2.18. The lowest BCUT2D eigenvalue weighted by atomic mass is 10.00. The molecule has 3 aromatic heterocycles. The van der Waals surface area contributed by atoms with Gasteiger partial charge in [-0.1, -0.05) is 0 Å². The molecule has 5 nitrogen and oxygen atoms in total. The molecular formula is C14H15N5S. The van der Waals surface area contributed by atoms with Crippen LogP contribution in [0.3, 0.4) is 0 Å². The van der Waals surface area contributed by atoms with Gasteiger partial charge in [0.05, 0.1) is 16.3 Å². The van der Waals surface area contributed by atoms with Crippen LogP contribution in [0, 0.1) is 6.92 Å². The van der Waals surface area contributed by atoms with Crippen molar-refractivity contribution in [1.82, 2.24) is 15.4 Å². The maximum Gasteiger partial charge on any atom is 0.128 e. The number of aryl methyl sites for hydroxylation is 1. The standard InChI is InChI=1S/C14H15N5S/c1-8-4-10(14(15)18-6-8)13(19-16)9-5-12-11(17-7-9)2-3-20-12/h2-7,13,19H,16H2,1H3,(H2,15,18). The van der Waals surface area contributed by atoms with Crippen LogP contribution in [0.4, 0.5) is 5.82 Å². The van der Waals surface area contributed by atoms with Crippen molar-refractivity contribution in [2.75, 3.05) is 5.73 Å². The summed E-state index contributed by atoms with van der Waals surface area (Å²) in [6.07, 6.45) is 3.56. The average molecular weight is 285 g/mol. The summed E-state index contributed by atoms with van der Waals surface area (Å²) in [6.45, 7) is 1.98. The van der Waals surface area contributed by atoms with Gasteiger partial charge in [0.2, 0.25) is 0 Å². The Bertz CT molecular complexity index is 752. The summed E-state index contributed by atoms with van der Waals surface area (Å²) in [4.78, 5) is 8.63. The fourth-order valence-electron chi connectivity index (χ4n) is 2.22. The SMILES string of the molecule is Cc1cnc(N)c(C(NN)c2cnc3ccsc3c2)c1. The van der Waals surface area contributed by atoms with Crippen LogP contribution < -0.4 is 17.0 Å². The second-order valence-electron chi connectivity index (χ2n) is 4.66. The molecule has 20 heavy (non-hydrogen) atoms. The zero-order valence-corrected chi connectivity index (χ0v) is 11.8. The third-order valence-electron chi connectivity index (χ3n) is 3.22. The summed E-state index contributed by atoms with van der Waals surface area (Å²) in [7, 11) is 0. The Hall–Kier alpha value is -2.02. The number of thiophene rings is 1. The van der Waals surface area contributed by atoms with Crippen molar-refractivity contribution < 1.29 is 0 Å². The van der Waals surface area contributed by atoms with Crippen molar-refractivity contribution in [2.24, 2.45) is 5.84 Å². The van der Waals surface area contributed by atoms with Gasteiger partial charge in [0.1, 0.15) is 5.82 Å². The molecule has 0 amide bonds. The smallest absolute Gasteiger partial charge is 0.128 e. The molecule has 0 saturated heterocycles. The van der Waals surface area contributed by atoms with Gasteiger partial charge < -0.3 is 5.73 Å². The van der Waals surface area contributed by atoms with E-state index in [9.17, 15) is 0 Å². The van der Waals surface area contributed by atoms with Crippen molar-refractivity contribution in [2.45, 2.75) is 13.0 Å². The van der Waals surface area contributed by atoms with Crippen molar-refractivity contribution in [3.05, 3.63) is 52.7 Å². The van der Waals surface area contributed by atoms with Crippen LogP contribution in [-0.4, -0.2) is 9.97 Å². The molecule has 0 aliphatic heterocycles. The van der Waals surface area contributed by atoms with E-state index in [4.69, 9.17) is 11.6 Å². The Morgan fingerprint density at radius 1 is 1.25 bits per heavy atom. The Morgan fingerprint density at radius 3 is 2.90 bits per heavy atom. The Labute approximate surface area is 120 Å². The maximum atomic E-state index is 5.97. The minimum absolute atomic E-state index is 0.221. The molecular weight excluding hydrogens is 270 g/mol. The van der Waals surface area contributed by atoms with Gasteiger partial charge >= 0.3 is 0 Å². The van der Waals surface area contributed by atoms with E-state index in [1.165, 1.54) is 0 Å². The van der Waals surface area contributed by atoms with Crippen molar-refractivity contribution in [1.29, 1.82) is 0 Å². The molecule has 0 spiro atoms. The Kier molecular flexibility index (Phi) is 3.35. The van der Waals surface area contributed by atoms with Gasteiger partial charge in [-0.2, -0.15) is 0 Å². The number of hydrogen-bond donors (Lipinski definition) is 3. The molecule has 0 saturated carbocycles. The summed E-state index contributed by atoms with van der Waals surface area (Å²) in [5, 5.41) is 2.02. The number of aromatic nitrogens is 2. The van der Waals surface area contributed by atoms with E-state index in [2.05, 4.69) is 21.5 Å². The molecule has 1 atom stereocenters. The number of nitrogens with one attached hydrogen (secondary N) is 1. The number of nitrogen functional groups attached to an aromatic ring is 1. The van der Waals surface area contributed by atoms with E-state index >= 15 is 0 Å². The van der Waals surface area contributed by atoms with Crippen LogP contribution in [-0.2, 0) is 0 Å². The fraction of sp³-hybridized carbons (Fsp3) is 0.143. The average Bonchev–Trinajstić information content (AvgIpc) is 2.91. The summed E-state index contributed by atoms with van der Waals surface area (Å²) in [6, 6.07) is 5.85. The third kappa shape index (κ3) is 2.24. The first-order valence-electron chi connectivity index (χ1n) is 6.20. The minimum atomic E-state index is -0.221. The number of hydrazine groups is 1. The molecule has 0 bridgehead atoms. The quantitative estimate of drug-likeness (QED) is 0.506. The van der Waals surface area contributed by atoms with Crippen LogP contribution in [0.1, 0.15) is 22.7 Å². The number of anilines is 1. The maximum absolute atomic E-state index is 5.97. The van der Waals surface area contributed by atoms with Crippen molar-refractivity contribution >= 4 is 27.4 Å². The van der Waals surface area contributed by atoms with E-state index in [1.807, 2.05) is 30.6 Å². The summed E-state index contributed by atoms with van der Waals surface area (Å²) >= 11 is 1.65. The van der Waals surface area contributed by atoms with Gasteiger partial charge in [-0.3, -0.25) is 10.8 Å². The van der Waals surface area contributed by atoms with Crippen LogP contribution in [0.2, 0.25) is 0 Å². The number of hydrogen-bond acceptors (Lipinski definition) is 6. The number of rotatable bonds is 3. The first-order chi connectivity index (χ1) is 9.69. The lowest BCUT2D eigenvalue weighted by molar-refractivity contribution is 0.635. The predicted octanol–water partition coefficient (Wildman–Crippen LogP) is 2.13. The summed E-state index contributed by atoms with van der Waals surface area (Å²) in [5.74, 6) is 6.19. The molecule has 5 N–H and O–H groups in total.